The lowest BCUT2D eigenvalue weighted by Gasteiger charge is -2.07. The van der Waals surface area contributed by atoms with Gasteiger partial charge in [0.2, 0.25) is 0 Å². The molecule has 3 aromatic rings. The summed E-state index contributed by atoms with van der Waals surface area (Å²) in [6, 6.07) is 10.7. The number of hydrogen-bond acceptors (Lipinski definition) is 2. The molecule has 1 heterocycles. The summed E-state index contributed by atoms with van der Waals surface area (Å²) in [4.78, 5) is 0. The predicted molar refractivity (Wildman–Crippen MR) is 102 cm³/mol. The SMILES string of the molecule is Cc1nn(-c2ccccc2Cl)c(Cl)c1CNCc1cc(F)cc(F)c1.Cl. The Kier molecular flexibility index (Phi) is 7.01. The van der Waals surface area contributed by atoms with E-state index >= 15 is 0 Å². The summed E-state index contributed by atoms with van der Waals surface area (Å²) in [5, 5.41) is 8.56. The fourth-order valence-corrected chi connectivity index (χ4v) is 3.11. The van der Waals surface area contributed by atoms with E-state index in [2.05, 4.69) is 10.4 Å². The molecule has 0 saturated carbocycles. The summed E-state index contributed by atoms with van der Waals surface area (Å²) in [6.45, 7) is 2.56. The van der Waals surface area contributed by atoms with Gasteiger partial charge in [0.25, 0.3) is 0 Å². The Morgan fingerprint density at radius 1 is 1.04 bits per heavy atom. The van der Waals surface area contributed by atoms with E-state index in [0.29, 0.717) is 34.5 Å². The zero-order valence-electron chi connectivity index (χ0n) is 13.8. The summed E-state index contributed by atoms with van der Waals surface area (Å²) >= 11 is 12.7. The number of rotatable bonds is 5. The molecule has 1 N–H and O–H groups in total. The molecule has 0 aliphatic carbocycles. The van der Waals surface area contributed by atoms with Crippen molar-refractivity contribution in [2.75, 3.05) is 0 Å². The molecule has 0 radical (unpaired) electrons. The smallest absolute Gasteiger partial charge is 0.137 e. The number of para-hydroxylation sites is 1. The Labute approximate surface area is 166 Å². The second-order valence-corrected chi connectivity index (χ2v) is 6.36. The van der Waals surface area contributed by atoms with Crippen molar-refractivity contribution in [3.8, 4) is 5.69 Å². The van der Waals surface area contributed by atoms with Crippen LogP contribution >= 0.6 is 35.6 Å². The Bertz CT molecular complexity index is 892. The van der Waals surface area contributed by atoms with E-state index in [1.807, 2.05) is 25.1 Å². The number of benzene rings is 2. The van der Waals surface area contributed by atoms with Crippen LogP contribution in [0.2, 0.25) is 10.2 Å². The fourth-order valence-electron chi connectivity index (χ4n) is 2.56. The zero-order chi connectivity index (χ0) is 18.0. The third-order valence-corrected chi connectivity index (χ3v) is 4.46. The second kappa shape index (κ2) is 8.82. The van der Waals surface area contributed by atoms with E-state index in [9.17, 15) is 8.78 Å². The summed E-state index contributed by atoms with van der Waals surface area (Å²) in [5.41, 5.74) is 2.77. The van der Waals surface area contributed by atoms with Crippen LogP contribution in [0.25, 0.3) is 5.69 Å². The lowest BCUT2D eigenvalue weighted by Crippen LogP contribution is -2.13. The van der Waals surface area contributed by atoms with Gasteiger partial charge in [-0.2, -0.15) is 5.10 Å². The Morgan fingerprint density at radius 2 is 1.69 bits per heavy atom. The molecular weight excluding hydrogens is 403 g/mol. The first-order chi connectivity index (χ1) is 12.0. The highest BCUT2D eigenvalue weighted by atomic mass is 35.5. The van der Waals surface area contributed by atoms with Crippen LogP contribution in [0.3, 0.4) is 0 Å². The number of hydrogen-bond donors (Lipinski definition) is 1. The first-order valence-electron chi connectivity index (χ1n) is 7.60. The number of nitrogens with one attached hydrogen (secondary N) is 1. The molecule has 0 aliphatic rings. The number of nitrogens with zero attached hydrogens (tertiary/aromatic N) is 2. The van der Waals surface area contributed by atoms with Gasteiger partial charge in [-0.05, 0) is 36.8 Å². The maximum atomic E-state index is 13.2. The third kappa shape index (κ3) is 4.54. The molecule has 0 fully saturated rings. The maximum Gasteiger partial charge on any atom is 0.137 e. The van der Waals surface area contributed by atoms with Crippen molar-refractivity contribution in [3.63, 3.8) is 0 Å². The van der Waals surface area contributed by atoms with Crippen molar-refractivity contribution in [2.24, 2.45) is 0 Å². The first kappa shape index (κ1) is 20.6. The van der Waals surface area contributed by atoms with E-state index in [1.165, 1.54) is 12.1 Å². The average Bonchev–Trinajstić information content (AvgIpc) is 2.82. The Balaban J connectivity index is 0.00000243. The van der Waals surface area contributed by atoms with E-state index in [-0.39, 0.29) is 12.4 Å². The molecule has 0 bridgehead atoms. The van der Waals surface area contributed by atoms with Gasteiger partial charge < -0.3 is 5.32 Å². The van der Waals surface area contributed by atoms with Crippen molar-refractivity contribution in [2.45, 2.75) is 20.0 Å². The minimum absolute atomic E-state index is 0. The fraction of sp³-hybridized carbons (Fsp3) is 0.167. The maximum absolute atomic E-state index is 13.2. The van der Waals surface area contributed by atoms with Gasteiger partial charge in [-0.1, -0.05) is 35.3 Å². The van der Waals surface area contributed by atoms with E-state index in [4.69, 9.17) is 23.2 Å². The molecule has 0 amide bonds. The molecule has 138 valence electrons. The van der Waals surface area contributed by atoms with Crippen LogP contribution in [0, 0.1) is 18.6 Å². The van der Waals surface area contributed by atoms with Gasteiger partial charge in [0.1, 0.15) is 16.8 Å². The van der Waals surface area contributed by atoms with Gasteiger partial charge in [-0.15, -0.1) is 12.4 Å². The number of aryl methyl sites for hydroxylation is 1. The molecule has 8 heteroatoms. The van der Waals surface area contributed by atoms with Crippen molar-refractivity contribution in [3.05, 3.63) is 81.1 Å². The lowest BCUT2D eigenvalue weighted by molar-refractivity contribution is 0.575. The molecule has 26 heavy (non-hydrogen) atoms. The van der Waals surface area contributed by atoms with Crippen molar-refractivity contribution in [1.29, 1.82) is 0 Å². The normalized spacial score (nSPS) is 10.7. The highest BCUT2D eigenvalue weighted by molar-refractivity contribution is 6.33. The predicted octanol–water partition coefficient (Wildman–Crippen LogP) is 5.48. The molecule has 0 atom stereocenters. The molecule has 1 aromatic heterocycles. The number of halogens is 5. The minimum Gasteiger partial charge on any atom is -0.308 e. The molecule has 3 rings (SSSR count). The third-order valence-electron chi connectivity index (χ3n) is 3.76. The average molecular weight is 419 g/mol. The standard InChI is InChI=1S/C18H15Cl2F2N3.ClH/c1-11-15(10-23-9-12-6-13(21)8-14(22)7-12)18(20)25(24-11)17-5-3-2-4-16(17)19;/h2-8,23H,9-10H2,1H3;1H. The van der Waals surface area contributed by atoms with Crippen LogP contribution < -0.4 is 5.32 Å². The van der Waals surface area contributed by atoms with E-state index in [0.717, 1.165) is 17.3 Å². The molecule has 0 aliphatic heterocycles. The summed E-state index contributed by atoms with van der Waals surface area (Å²) in [6.07, 6.45) is 0. The summed E-state index contributed by atoms with van der Waals surface area (Å²) in [5.74, 6) is -1.20. The van der Waals surface area contributed by atoms with Crippen LogP contribution in [0.5, 0.6) is 0 Å². The van der Waals surface area contributed by atoms with Crippen LogP contribution in [-0.4, -0.2) is 9.78 Å². The van der Waals surface area contributed by atoms with Crippen LogP contribution in [-0.2, 0) is 13.1 Å². The van der Waals surface area contributed by atoms with Crippen molar-refractivity contribution < 1.29 is 8.78 Å². The lowest BCUT2D eigenvalue weighted by atomic mass is 10.2. The topological polar surface area (TPSA) is 29.9 Å². The number of aromatic nitrogens is 2. The van der Waals surface area contributed by atoms with Gasteiger partial charge in [-0.25, -0.2) is 13.5 Å². The molecule has 0 spiro atoms. The summed E-state index contributed by atoms with van der Waals surface area (Å²) in [7, 11) is 0. The minimum atomic E-state index is -0.599. The van der Waals surface area contributed by atoms with Crippen LogP contribution in [0.1, 0.15) is 16.8 Å². The molecule has 3 nitrogen and oxygen atoms in total. The van der Waals surface area contributed by atoms with Crippen molar-refractivity contribution in [1.82, 2.24) is 15.1 Å². The molecule has 0 saturated heterocycles. The molecular formula is C18H16Cl3F2N3. The van der Waals surface area contributed by atoms with Crippen LogP contribution in [0.15, 0.2) is 42.5 Å². The van der Waals surface area contributed by atoms with Crippen LogP contribution in [0.4, 0.5) is 8.78 Å². The second-order valence-electron chi connectivity index (χ2n) is 5.60. The van der Waals surface area contributed by atoms with E-state index < -0.39 is 11.6 Å². The summed E-state index contributed by atoms with van der Waals surface area (Å²) < 4.78 is 28.0. The zero-order valence-corrected chi connectivity index (χ0v) is 16.1. The van der Waals surface area contributed by atoms with Gasteiger partial charge in [-0.3, -0.25) is 0 Å². The van der Waals surface area contributed by atoms with Gasteiger partial charge in [0.15, 0.2) is 0 Å². The highest BCUT2D eigenvalue weighted by Crippen LogP contribution is 2.27. The van der Waals surface area contributed by atoms with Crippen molar-refractivity contribution >= 4 is 35.6 Å². The quantitative estimate of drug-likeness (QED) is 0.595. The van der Waals surface area contributed by atoms with Gasteiger partial charge >= 0.3 is 0 Å². The van der Waals surface area contributed by atoms with Gasteiger partial charge in [0.05, 0.1) is 16.4 Å². The largest absolute Gasteiger partial charge is 0.308 e. The van der Waals surface area contributed by atoms with Gasteiger partial charge in [0, 0.05) is 24.7 Å². The highest BCUT2D eigenvalue weighted by Gasteiger charge is 2.16. The first-order valence-corrected chi connectivity index (χ1v) is 8.36. The molecule has 0 unspecified atom stereocenters. The molecule has 2 aromatic carbocycles. The van der Waals surface area contributed by atoms with E-state index in [1.54, 1.807) is 10.7 Å². The Morgan fingerprint density at radius 3 is 2.35 bits per heavy atom. The Hall–Kier alpha value is -1.66. The monoisotopic (exact) mass is 417 g/mol.